The summed E-state index contributed by atoms with van der Waals surface area (Å²) in [5.41, 5.74) is 3.79. The third-order valence-corrected chi connectivity index (χ3v) is 5.80. The van der Waals surface area contributed by atoms with E-state index in [0.717, 1.165) is 32.9 Å². The Hall–Kier alpha value is -2.28. The fraction of sp³-hybridized carbons (Fsp3) is 0.500. The summed E-state index contributed by atoms with van der Waals surface area (Å²) in [6.45, 7) is 11.2. The highest BCUT2D eigenvalue weighted by Gasteiger charge is 2.27. The summed E-state index contributed by atoms with van der Waals surface area (Å²) in [7, 11) is 1.34. The molecule has 0 radical (unpaired) electrons. The summed E-state index contributed by atoms with van der Waals surface area (Å²) in [6.07, 6.45) is 3.10. The van der Waals surface area contributed by atoms with Crippen LogP contribution in [0.2, 0.25) is 0 Å². The van der Waals surface area contributed by atoms with Gasteiger partial charge in [0, 0.05) is 22.6 Å². The molecule has 1 aromatic heterocycles. The lowest BCUT2D eigenvalue weighted by atomic mass is 10.0. The standard InChI is InChI=1S/C22H29NO5S/c1-8-14-13(3)17(29-21(14)26)11-16-12(2)15(9-10-18(24)27-7)19(23-16)20(25)28-22(4,5)6/h11,23H,8-10H2,1-7H3/b17-11+. The smallest absolute Gasteiger partial charge is 0.355 e. The molecule has 0 saturated heterocycles. The molecule has 6 nitrogen and oxygen atoms in total. The van der Waals surface area contributed by atoms with Crippen LogP contribution >= 0.6 is 11.8 Å². The molecule has 2 heterocycles. The molecular weight excluding hydrogens is 390 g/mol. The number of rotatable bonds is 6. The number of methoxy groups -OCH3 is 1. The van der Waals surface area contributed by atoms with E-state index in [1.807, 2.05) is 26.8 Å². The summed E-state index contributed by atoms with van der Waals surface area (Å²) in [5.74, 6) is -0.814. The van der Waals surface area contributed by atoms with Crippen LogP contribution < -0.4 is 0 Å². The maximum absolute atomic E-state index is 12.8. The predicted octanol–water partition coefficient (Wildman–Crippen LogP) is 4.72. The molecule has 1 N–H and O–H groups in total. The minimum absolute atomic E-state index is 0.0683. The first kappa shape index (κ1) is 23.0. The number of aromatic amines is 1. The lowest BCUT2D eigenvalue weighted by Gasteiger charge is -2.19. The largest absolute Gasteiger partial charge is 0.469 e. The number of hydrogen-bond donors (Lipinski definition) is 1. The van der Waals surface area contributed by atoms with E-state index < -0.39 is 11.6 Å². The number of esters is 2. The fourth-order valence-corrected chi connectivity index (χ4v) is 4.23. The minimum atomic E-state index is -0.641. The van der Waals surface area contributed by atoms with Gasteiger partial charge in [-0.25, -0.2) is 4.79 Å². The van der Waals surface area contributed by atoms with Crippen LogP contribution in [-0.4, -0.2) is 34.7 Å². The maximum Gasteiger partial charge on any atom is 0.355 e. The Kier molecular flexibility index (Phi) is 7.16. The van der Waals surface area contributed by atoms with E-state index in [4.69, 9.17) is 9.47 Å². The van der Waals surface area contributed by atoms with Gasteiger partial charge < -0.3 is 14.5 Å². The SMILES string of the molecule is CCC1=C(C)/C(=C\c2[nH]c(C(=O)OC(C)(C)C)c(CCC(=O)OC)c2C)SC1=O. The molecular formula is C22H29NO5S. The number of carbonyl (C=O) groups excluding carboxylic acids is 3. The van der Waals surface area contributed by atoms with Gasteiger partial charge in [0.15, 0.2) is 0 Å². The van der Waals surface area contributed by atoms with E-state index in [-0.39, 0.29) is 17.5 Å². The van der Waals surface area contributed by atoms with E-state index in [2.05, 4.69) is 4.98 Å². The highest BCUT2D eigenvalue weighted by molar-refractivity contribution is 8.18. The van der Waals surface area contributed by atoms with Gasteiger partial charge in [-0.2, -0.15) is 0 Å². The predicted molar refractivity (Wildman–Crippen MR) is 115 cm³/mol. The van der Waals surface area contributed by atoms with Gasteiger partial charge in [0.05, 0.1) is 7.11 Å². The molecule has 0 spiro atoms. The van der Waals surface area contributed by atoms with E-state index >= 15 is 0 Å². The van der Waals surface area contributed by atoms with Crippen molar-refractivity contribution in [1.82, 2.24) is 4.98 Å². The number of nitrogens with one attached hydrogen (secondary N) is 1. The van der Waals surface area contributed by atoms with Crippen LogP contribution in [0.4, 0.5) is 0 Å². The summed E-state index contributed by atoms with van der Waals surface area (Å²) >= 11 is 1.20. The molecule has 158 valence electrons. The third kappa shape index (κ3) is 5.41. The molecule has 0 fully saturated rings. The Labute approximate surface area is 176 Å². The summed E-state index contributed by atoms with van der Waals surface area (Å²) in [4.78, 5) is 40.6. The van der Waals surface area contributed by atoms with Crippen molar-refractivity contribution in [2.24, 2.45) is 0 Å². The van der Waals surface area contributed by atoms with Gasteiger partial charge in [0.2, 0.25) is 5.12 Å². The van der Waals surface area contributed by atoms with Crippen molar-refractivity contribution in [3.05, 3.63) is 38.6 Å². The highest BCUT2D eigenvalue weighted by Crippen LogP contribution is 2.40. The van der Waals surface area contributed by atoms with E-state index in [0.29, 0.717) is 18.5 Å². The zero-order valence-electron chi connectivity index (χ0n) is 18.1. The van der Waals surface area contributed by atoms with Gasteiger partial charge in [-0.1, -0.05) is 6.92 Å². The monoisotopic (exact) mass is 419 g/mol. The van der Waals surface area contributed by atoms with Gasteiger partial charge in [0.25, 0.3) is 0 Å². The fourth-order valence-electron chi connectivity index (χ4n) is 3.16. The first-order valence-electron chi connectivity index (χ1n) is 9.64. The molecule has 1 aliphatic rings. The molecule has 7 heteroatoms. The number of H-pyrrole nitrogens is 1. The summed E-state index contributed by atoms with van der Waals surface area (Å²) < 4.78 is 10.3. The quantitative estimate of drug-likeness (QED) is 0.671. The molecule has 0 unspecified atom stereocenters. The lowest BCUT2D eigenvalue weighted by molar-refractivity contribution is -0.140. The van der Waals surface area contributed by atoms with Crippen LogP contribution in [0.25, 0.3) is 6.08 Å². The number of carbonyl (C=O) groups is 3. The second-order valence-corrected chi connectivity index (χ2v) is 8.97. The average molecular weight is 420 g/mol. The van der Waals surface area contributed by atoms with Crippen molar-refractivity contribution in [3.63, 3.8) is 0 Å². The van der Waals surface area contributed by atoms with Gasteiger partial charge in [-0.3, -0.25) is 9.59 Å². The zero-order chi connectivity index (χ0) is 21.9. The zero-order valence-corrected chi connectivity index (χ0v) is 19.0. The Morgan fingerprint density at radius 3 is 2.38 bits per heavy atom. The Balaban J connectivity index is 2.48. The van der Waals surface area contributed by atoms with Crippen LogP contribution in [0.5, 0.6) is 0 Å². The maximum atomic E-state index is 12.8. The van der Waals surface area contributed by atoms with Crippen LogP contribution in [-0.2, 0) is 25.5 Å². The second-order valence-electron chi connectivity index (χ2n) is 7.95. The van der Waals surface area contributed by atoms with E-state index in [9.17, 15) is 14.4 Å². The topological polar surface area (TPSA) is 85.5 Å². The van der Waals surface area contributed by atoms with Gasteiger partial charge in [-0.05, 0) is 82.0 Å². The van der Waals surface area contributed by atoms with Gasteiger partial charge in [-0.15, -0.1) is 0 Å². The van der Waals surface area contributed by atoms with Crippen molar-refractivity contribution >= 4 is 34.9 Å². The first-order valence-corrected chi connectivity index (χ1v) is 10.5. The minimum Gasteiger partial charge on any atom is -0.469 e. The van der Waals surface area contributed by atoms with Crippen LogP contribution in [0.1, 0.15) is 74.8 Å². The molecule has 0 amide bonds. The Morgan fingerprint density at radius 1 is 1.21 bits per heavy atom. The average Bonchev–Trinajstić information content (AvgIpc) is 3.08. The van der Waals surface area contributed by atoms with Crippen LogP contribution in [0.15, 0.2) is 16.1 Å². The number of hydrogen-bond acceptors (Lipinski definition) is 6. The van der Waals surface area contributed by atoms with Gasteiger partial charge >= 0.3 is 11.9 Å². The van der Waals surface area contributed by atoms with Crippen molar-refractivity contribution in [3.8, 4) is 0 Å². The third-order valence-electron chi connectivity index (χ3n) is 4.73. The number of aromatic nitrogens is 1. The molecule has 0 aromatic carbocycles. The number of allylic oxidation sites excluding steroid dienone is 1. The van der Waals surface area contributed by atoms with Crippen molar-refractivity contribution < 1.29 is 23.9 Å². The molecule has 1 aromatic rings. The summed E-state index contributed by atoms with van der Waals surface area (Å²) in [5, 5.41) is 0.0683. The molecule has 0 aliphatic carbocycles. The number of ether oxygens (including phenoxy) is 2. The Morgan fingerprint density at radius 2 is 1.86 bits per heavy atom. The molecule has 0 atom stereocenters. The molecule has 2 rings (SSSR count). The van der Waals surface area contributed by atoms with Crippen LogP contribution in [0.3, 0.4) is 0 Å². The van der Waals surface area contributed by atoms with E-state index in [1.54, 1.807) is 20.8 Å². The van der Waals surface area contributed by atoms with Crippen molar-refractivity contribution in [2.45, 2.75) is 66.4 Å². The van der Waals surface area contributed by atoms with Crippen molar-refractivity contribution in [1.29, 1.82) is 0 Å². The highest BCUT2D eigenvalue weighted by atomic mass is 32.2. The first-order chi connectivity index (χ1) is 13.5. The van der Waals surface area contributed by atoms with Gasteiger partial charge in [0.1, 0.15) is 11.3 Å². The normalized spacial score (nSPS) is 16.0. The molecule has 0 bridgehead atoms. The molecule has 29 heavy (non-hydrogen) atoms. The van der Waals surface area contributed by atoms with Crippen molar-refractivity contribution in [2.75, 3.05) is 7.11 Å². The Bertz CT molecular complexity index is 899. The second kappa shape index (κ2) is 9.03. The van der Waals surface area contributed by atoms with E-state index in [1.165, 1.54) is 18.9 Å². The summed E-state index contributed by atoms with van der Waals surface area (Å²) in [6, 6.07) is 0. The number of thioether (sulfide) groups is 1. The van der Waals surface area contributed by atoms with Crippen LogP contribution in [0, 0.1) is 6.92 Å². The molecule has 0 saturated carbocycles. The lowest BCUT2D eigenvalue weighted by Crippen LogP contribution is -2.24. The molecule has 1 aliphatic heterocycles.